The molecule has 0 aromatic carbocycles. The van der Waals surface area contributed by atoms with Crippen LogP contribution in [0.1, 0.15) is 32.6 Å². The van der Waals surface area contributed by atoms with Crippen molar-refractivity contribution in [2.24, 2.45) is 11.3 Å². The van der Waals surface area contributed by atoms with Gasteiger partial charge >= 0.3 is 17.9 Å². The highest BCUT2D eigenvalue weighted by Crippen LogP contribution is 2.53. The molecule has 6 heteroatoms. The van der Waals surface area contributed by atoms with Gasteiger partial charge in [0, 0.05) is 18.8 Å². The maximum Gasteiger partial charge on any atom is 0.323 e. The third-order valence-corrected chi connectivity index (χ3v) is 4.55. The maximum absolute atomic E-state index is 12.2. The van der Waals surface area contributed by atoms with E-state index in [1.807, 2.05) is 0 Å². The highest BCUT2D eigenvalue weighted by Gasteiger charge is 2.61. The van der Waals surface area contributed by atoms with E-state index in [0.717, 1.165) is 0 Å². The zero-order valence-corrected chi connectivity index (χ0v) is 12.6. The molecular formula is C15H20O6. The number of hydrogen-bond acceptors (Lipinski definition) is 6. The van der Waals surface area contributed by atoms with E-state index in [1.165, 1.54) is 14.2 Å². The van der Waals surface area contributed by atoms with Crippen molar-refractivity contribution in [3.8, 4) is 0 Å². The summed E-state index contributed by atoms with van der Waals surface area (Å²) >= 11 is 0. The van der Waals surface area contributed by atoms with Crippen LogP contribution in [0.15, 0.2) is 12.2 Å². The number of fused-ring (bicyclic) bond motifs is 1. The Balaban J connectivity index is 2.45. The van der Waals surface area contributed by atoms with Gasteiger partial charge in [-0.3, -0.25) is 14.4 Å². The number of ether oxygens (including phenoxy) is 3. The summed E-state index contributed by atoms with van der Waals surface area (Å²) in [6, 6.07) is 0. The summed E-state index contributed by atoms with van der Waals surface area (Å²) in [7, 11) is 2.44. The Bertz CT molecular complexity index is 492. The summed E-state index contributed by atoms with van der Waals surface area (Å²) < 4.78 is 15.1. The van der Waals surface area contributed by atoms with E-state index in [-0.39, 0.29) is 24.7 Å². The fraction of sp³-hybridized carbons (Fsp3) is 0.667. The largest absolute Gasteiger partial charge is 0.468 e. The van der Waals surface area contributed by atoms with Crippen molar-refractivity contribution in [2.45, 2.75) is 38.2 Å². The van der Waals surface area contributed by atoms with Gasteiger partial charge in [0.25, 0.3) is 0 Å². The fourth-order valence-electron chi connectivity index (χ4n) is 3.68. The third kappa shape index (κ3) is 2.32. The van der Waals surface area contributed by atoms with Crippen LogP contribution in [0.3, 0.4) is 0 Å². The molecule has 0 bridgehead atoms. The SMILES string of the molecule is C=C1CC(C(=O)OC)(C(=O)OC)C[C@@]2(C)OC(=O)CC[C@H]12. The molecule has 2 aliphatic rings. The molecule has 6 nitrogen and oxygen atoms in total. The molecule has 0 aromatic heterocycles. The Labute approximate surface area is 123 Å². The van der Waals surface area contributed by atoms with E-state index in [1.54, 1.807) is 6.92 Å². The minimum atomic E-state index is -1.50. The molecule has 1 heterocycles. The molecule has 1 saturated heterocycles. The van der Waals surface area contributed by atoms with E-state index < -0.39 is 23.0 Å². The second-order valence-electron chi connectivity index (χ2n) is 5.96. The summed E-state index contributed by atoms with van der Waals surface area (Å²) in [6.45, 7) is 5.73. The van der Waals surface area contributed by atoms with Gasteiger partial charge in [0.1, 0.15) is 5.60 Å². The van der Waals surface area contributed by atoms with Crippen molar-refractivity contribution in [1.82, 2.24) is 0 Å². The lowest BCUT2D eigenvalue weighted by Crippen LogP contribution is -2.57. The van der Waals surface area contributed by atoms with E-state index >= 15 is 0 Å². The predicted molar refractivity (Wildman–Crippen MR) is 72.1 cm³/mol. The van der Waals surface area contributed by atoms with Crippen LogP contribution in [-0.2, 0) is 28.6 Å². The Morgan fingerprint density at radius 2 is 1.86 bits per heavy atom. The molecule has 21 heavy (non-hydrogen) atoms. The highest BCUT2D eigenvalue weighted by molar-refractivity contribution is 6.00. The normalized spacial score (nSPS) is 30.9. The number of carbonyl (C=O) groups excluding carboxylic acids is 3. The van der Waals surface area contributed by atoms with Crippen LogP contribution >= 0.6 is 0 Å². The van der Waals surface area contributed by atoms with Gasteiger partial charge in [-0.2, -0.15) is 0 Å². The van der Waals surface area contributed by atoms with Crippen molar-refractivity contribution in [1.29, 1.82) is 0 Å². The summed E-state index contributed by atoms with van der Waals surface area (Å²) in [4.78, 5) is 36.1. The topological polar surface area (TPSA) is 78.9 Å². The molecule has 0 amide bonds. The minimum absolute atomic E-state index is 0.0504. The molecule has 0 unspecified atom stereocenters. The summed E-state index contributed by atoms with van der Waals surface area (Å²) in [5.41, 5.74) is -1.72. The first-order valence-corrected chi connectivity index (χ1v) is 6.85. The molecule has 0 aromatic rings. The minimum Gasteiger partial charge on any atom is -0.468 e. The molecule has 1 saturated carbocycles. The van der Waals surface area contributed by atoms with Crippen LogP contribution in [0.25, 0.3) is 0 Å². The number of methoxy groups -OCH3 is 2. The third-order valence-electron chi connectivity index (χ3n) is 4.55. The van der Waals surface area contributed by atoms with Crippen molar-refractivity contribution >= 4 is 17.9 Å². The van der Waals surface area contributed by atoms with Crippen LogP contribution < -0.4 is 0 Å². The quantitative estimate of drug-likeness (QED) is 0.331. The Morgan fingerprint density at radius 3 is 2.38 bits per heavy atom. The number of rotatable bonds is 2. The van der Waals surface area contributed by atoms with Gasteiger partial charge in [-0.25, -0.2) is 0 Å². The Kier molecular flexibility index (Phi) is 3.82. The van der Waals surface area contributed by atoms with Gasteiger partial charge in [-0.1, -0.05) is 12.2 Å². The van der Waals surface area contributed by atoms with Gasteiger partial charge in [0.15, 0.2) is 5.41 Å². The molecule has 1 aliphatic carbocycles. The van der Waals surface area contributed by atoms with E-state index in [2.05, 4.69) is 6.58 Å². The summed E-state index contributed by atoms with van der Waals surface area (Å²) in [5, 5.41) is 0. The van der Waals surface area contributed by atoms with E-state index in [9.17, 15) is 14.4 Å². The molecular weight excluding hydrogens is 276 g/mol. The van der Waals surface area contributed by atoms with Gasteiger partial charge in [-0.05, 0) is 19.8 Å². The van der Waals surface area contributed by atoms with Crippen LogP contribution in [0.5, 0.6) is 0 Å². The standard InChI is InChI=1S/C15H20O6/c1-9-7-15(12(17)19-3,13(18)20-4)8-14(2)10(9)5-6-11(16)21-14/h10H,1,5-8H2,2-4H3/t10-,14-/m1/s1. The number of hydrogen-bond donors (Lipinski definition) is 0. The predicted octanol–water partition coefficient (Wildman–Crippen LogP) is 1.38. The molecule has 0 radical (unpaired) electrons. The van der Waals surface area contributed by atoms with Gasteiger partial charge in [0.2, 0.25) is 0 Å². The first-order valence-electron chi connectivity index (χ1n) is 6.85. The first-order chi connectivity index (χ1) is 9.79. The zero-order chi connectivity index (χ0) is 15.8. The van der Waals surface area contributed by atoms with Crippen molar-refractivity contribution in [3.05, 3.63) is 12.2 Å². The second-order valence-corrected chi connectivity index (χ2v) is 5.96. The molecule has 2 rings (SSSR count). The lowest BCUT2D eigenvalue weighted by Gasteiger charge is -2.50. The second kappa shape index (κ2) is 5.16. The van der Waals surface area contributed by atoms with E-state index in [0.29, 0.717) is 18.4 Å². The van der Waals surface area contributed by atoms with Crippen LogP contribution in [0.2, 0.25) is 0 Å². The Morgan fingerprint density at radius 1 is 1.29 bits per heavy atom. The lowest BCUT2D eigenvalue weighted by atomic mass is 9.59. The van der Waals surface area contributed by atoms with Crippen LogP contribution in [0.4, 0.5) is 0 Å². The monoisotopic (exact) mass is 296 g/mol. The van der Waals surface area contributed by atoms with Gasteiger partial charge in [-0.15, -0.1) is 0 Å². The maximum atomic E-state index is 12.2. The number of carbonyl (C=O) groups is 3. The smallest absolute Gasteiger partial charge is 0.323 e. The molecule has 1 aliphatic heterocycles. The van der Waals surface area contributed by atoms with Gasteiger partial charge < -0.3 is 14.2 Å². The number of esters is 3. The first kappa shape index (κ1) is 15.5. The highest BCUT2D eigenvalue weighted by atomic mass is 16.6. The average molecular weight is 296 g/mol. The average Bonchev–Trinajstić information content (AvgIpc) is 2.43. The zero-order valence-electron chi connectivity index (χ0n) is 12.6. The lowest BCUT2D eigenvalue weighted by molar-refractivity contribution is -0.195. The van der Waals surface area contributed by atoms with Gasteiger partial charge in [0.05, 0.1) is 14.2 Å². The molecule has 116 valence electrons. The van der Waals surface area contributed by atoms with Crippen LogP contribution in [0, 0.1) is 11.3 Å². The van der Waals surface area contributed by atoms with Crippen molar-refractivity contribution < 1.29 is 28.6 Å². The molecule has 0 spiro atoms. The fourth-order valence-corrected chi connectivity index (χ4v) is 3.68. The van der Waals surface area contributed by atoms with Crippen molar-refractivity contribution in [3.63, 3.8) is 0 Å². The molecule has 2 fully saturated rings. The van der Waals surface area contributed by atoms with Crippen molar-refractivity contribution in [2.75, 3.05) is 14.2 Å². The Hall–Kier alpha value is -1.85. The van der Waals surface area contributed by atoms with Crippen LogP contribution in [-0.4, -0.2) is 37.7 Å². The summed E-state index contributed by atoms with van der Waals surface area (Å²) in [6.07, 6.45) is 1.15. The van der Waals surface area contributed by atoms with E-state index in [4.69, 9.17) is 14.2 Å². The summed E-state index contributed by atoms with van der Waals surface area (Å²) in [5.74, 6) is -1.75. The molecule has 2 atom stereocenters. The molecule has 0 N–H and O–H groups in total.